The zero-order valence-corrected chi connectivity index (χ0v) is 24.3. The van der Waals surface area contributed by atoms with E-state index in [4.69, 9.17) is 19.4 Å². The molecule has 4 nitrogen and oxygen atoms in total. The highest BCUT2D eigenvalue weighted by atomic mass is 16.3. The first-order chi connectivity index (χ1) is 20.9. The van der Waals surface area contributed by atoms with Crippen molar-refractivity contribution in [1.82, 2.24) is 15.0 Å². The molecule has 6 aromatic carbocycles. The van der Waals surface area contributed by atoms with Gasteiger partial charge in [0.1, 0.15) is 11.2 Å². The van der Waals surface area contributed by atoms with Crippen LogP contribution in [-0.2, 0) is 5.41 Å². The normalized spacial score (nSPS) is 12.1. The van der Waals surface area contributed by atoms with Crippen LogP contribution in [0.2, 0.25) is 0 Å². The maximum Gasteiger partial charge on any atom is 0.167 e. The highest BCUT2D eigenvalue weighted by Gasteiger charge is 2.20. The summed E-state index contributed by atoms with van der Waals surface area (Å²) in [5, 5.41) is 6.76. The van der Waals surface area contributed by atoms with E-state index in [1.54, 1.807) is 0 Å². The third-order valence-electron chi connectivity index (χ3n) is 8.30. The van der Waals surface area contributed by atoms with Crippen LogP contribution in [0.3, 0.4) is 0 Å². The van der Waals surface area contributed by atoms with Crippen molar-refractivity contribution < 1.29 is 4.42 Å². The Bertz CT molecular complexity index is 2330. The highest BCUT2D eigenvalue weighted by molar-refractivity contribution is 6.14. The molecule has 0 aliphatic rings. The lowest BCUT2D eigenvalue weighted by atomic mass is 9.86. The fraction of sp³-hybridized carbons (Fsp3) is 0.103. The Morgan fingerprint density at radius 1 is 0.488 bits per heavy atom. The number of hydrogen-bond donors (Lipinski definition) is 0. The summed E-state index contributed by atoms with van der Waals surface area (Å²) in [6.45, 7) is 6.67. The largest absolute Gasteiger partial charge is 0.455 e. The minimum atomic E-state index is 0.0505. The molecule has 0 saturated carbocycles. The molecular weight excluding hydrogens is 526 g/mol. The van der Waals surface area contributed by atoms with E-state index in [-0.39, 0.29) is 5.41 Å². The van der Waals surface area contributed by atoms with E-state index in [1.807, 2.05) is 30.3 Å². The second-order valence-corrected chi connectivity index (χ2v) is 12.1. The summed E-state index contributed by atoms with van der Waals surface area (Å²) < 4.78 is 6.41. The van der Waals surface area contributed by atoms with Gasteiger partial charge >= 0.3 is 0 Å². The second-order valence-electron chi connectivity index (χ2n) is 12.1. The Morgan fingerprint density at radius 3 is 1.91 bits per heavy atom. The van der Waals surface area contributed by atoms with Gasteiger partial charge in [-0.05, 0) is 39.3 Å². The van der Waals surface area contributed by atoms with Gasteiger partial charge in [0.05, 0.1) is 5.56 Å². The van der Waals surface area contributed by atoms with Crippen LogP contribution < -0.4 is 0 Å². The van der Waals surface area contributed by atoms with Crippen LogP contribution in [0.4, 0.5) is 0 Å². The van der Waals surface area contributed by atoms with Gasteiger partial charge in [-0.25, -0.2) is 15.0 Å². The van der Waals surface area contributed by atoms with Gasteiger partial charge in [0.25, 0.3) is 0 Å². The van der Waals surface area contributed by atoms with Gasteiger partial charge in [0, 0.05) is 27.3 Å². The zero-order valence-electron chi connectivity index (χ0n) is 24.3. The second kappa shape index (κ2) is 9.60. The van der Waals surface area contributed by atoms with Gasteiger partial charge in [-0.3, -0.25) is 0 Å². The fourth-order valence-electron chi connectivity index (χ4n) is 6.03. The van der Waals surface area contributed by atoms with E-state index < -0.39 is 0 Å². The fourth-order valence-corrected chi connectivity index (χ4v) is 6.03. The summed E-state index contributed by atoms with van der Waals surface area (Å²) in [7, 11) is 0. The van der Waals surface area contributed by atoms with Crippen LogP contribution >= 0.6 is 0 Å². The zero-order chi connectivity index (χ0) is 29.1. The number of rotatable bonds is 3. The molecule has 0 aliphatic heterocycles. The number of aromatic nitrogens is 3. The maximum atomic E-state index is 6.41. The van der Waals surface area contributed by atoms with Crippen molar-refractivity contribution in [3.63, 3.8) is 0 Å². The molecule has 206 valence electrons. The molecule has 0 radical (unpaired) electrons. The van der Waals surface area contributed by atoms with Gasteiger partial charge in [-0.15, -0.1) is 0 Å². The molecule has 8 rings (SSSR count). The van der Waals surface area contributed by atoms with Gasteiger partial charge in [0.2, 0.25) is 0 Å². The number of furan rings is 1. The van der Waals surface area contributed by atoms with Crippen molar-refractivity contribution in [1.29, 1.82) is 0 Å². The van der Waals surface area contributed by atoms with Crippen molar-refractivity contribution in [3.8, 4) is 34.2 Å². The minimum Gasteiger partial charge on any atom is -0.455 e. The smallest absolute Gasteiger partial charge is 0.167 e. The number of benzene rings is 6. The van der Waals surface area contributed by atoms with Crippen LogP contribution in [0.1, 0.15) is 26.3 Å². The molecule has 8 aromatic rings. The first kappa shape index (κ1) is 25.4. The van der Waals surface area contributed by atoms with Gasteiger partial charge in [0.15, 0.2) is 17.5 Å². The molecule has 0 atom stereocenters. The molecule has 4 heteroatoms. The van der Waals surface area contributed by atoms with E-state index in [0.29, 0.717) is 17.5 Å². The number of hydrogen-bond acceptors (Lipinski definition) is 4. The molecule has 0 spiro atoms. The lowest BCUT2D eigenvalue weighted by Gasteiger charge is -2.19. The summed E-state index contributed by atoms with van der Waals surface area (Å²) >= 11 is 0. The maximum absolute atomic E-state index is 6.41. The summed E-state index contributed by atoms with van der Waals surface area (Å²) in [5.74, 6) is 1.85. The van der Waals surface area contributed by atoms with Crippen molar-refractivity contribution in [2.75, 3.05) is 0 Å². The Labute approximate surface area is 249 Å². The van der Waals surface area contributed by atoms with Crippen LogP contribution in [-0.4, -0.2) is 15.0 Å². The average molecular weight is 556 g/mol. The number of nitrogens with zero attached hydrogens (tertiary/aromatic N) is 3. The summed E-state index contributed by atoms with van der Waals surface area (Å²) in [5.41, 5.74) is 5.70. The topological polar surface area (TPSA) is 51.8 Å². The Morgan fingerprint density at radius 2 is 1.09 bits per heavy atom. The molecule has 0 unspecified atom stereocenters. The monoisotopic (exact) mass is 555 g/mol. The van der Waals surface area contributed by atoms with Crippen LogP contribution in [0.25, 0.3) is 77.6 Å². The Hall–Kier alpha value is -5.35. The SMILES string of the molecule is CC(C)(C)c1ccc(-c2nc(-c3cccc4c3oc3ccccc34)nc(-c3cccc4ccc5ccccc5c34)n2)cc1. The van der Waals surface area contributed by atoms with Crippen molar-refractivity contribution in [3.05, 3.63) is 127 Å². The summed E-state index contributed by atoms with van der Waals surface area (Å²) in [4.78, 5) is 15.3. The van der Waals surface area contributed by atoms with Crippen LogP contribution in [0.15, 0.2) is 126 Å². The highest BCUT2D eigenvalue weighted by Crippen LogP contribution is 2.38. The molecule has 0 amide bonds. The summed E-state index contributed by atoms with van der Waals surface area (Å²) in [6.07, 6.45) is 0. The number of fused-ring (bicyclic) bond motifs is 6. The Kier molecular flexibility index (Phi) is 5.66. The molecule has 2 aromatic heterocycles. The number of para-hydroxylation sites is 2. The first-order valence-electron chi connectivity index (χ1n) is 14.6. The van der Waals surface area contributed by atoms with Crippen molar-refractivity contribution in [2.45, 2.75) is 26.2 Å². The van der Waals surface area contributed by atoms with Gasteiger partial charge in [-0.2, -0.15) is 0 Å². The molecule has 0 fully saturated rings. The predicted molar refractivity (Wildman–Crippen MR) is 177 cm³/mol. The Balaban J connectivity index is 1.42. The third-order valence-corrected chi connectivity index (χ3v) is 8.30. The van der Waals surface area contributed by atoms with E-state index in [1.165, 1.54) is 16.3 Å². The lowest BCUT2D eigenvalue weighted by Crippen LogP contribution is -2.10. The molecule has 0 aliphatic carbocycles. The van der Waals surface area contributed by atoms with Crippen molar-refractivity contribution >= 4 is 43.5 Å². The van der Waals surface area contributed by atoms with E-state index in [2.05, 4.69) is 112 Å². The van der Waals surface area contributed by atoms with Crippen LogP contribution in [0, 0.1) is 0 Å². The van der Waals surface area contributed by atoms with Crippen molar-refractivity contribution in [2.24, 2.45) is 0 Å². The molecular formula is C39H29N3O. The van der Waals surface area contributed by atoms with E-state index in [9.17, 15) is 0 Å². The quantitative estimate of drug-likeness (QED) is 0.204. The first-order valence-corrected chi connectivity index (χ1v) is 14.6. The average Bonchev–Trinajstić information content (AvgIpc) is 3.43. The molecule has 43 heavy (non-hydrogen) atoms. The van der Waals surface area contributed by atoms with Crippen LogP contribution in [0.5, 0.6) is 0 Å². The molecule has 0 saturated heterocycles. The molecule has 2 heterocycles. The van der Waals surface area contributed by atoms with Gasteiger partial charge in [-0.1, -0.05) is 130 Å². The predicted octanol–water partition coefficient (Wildman–Crippen LogP) is 10.4. The lowest BCUT2D eigenvalue weighted by molar-refractivity contribution is 0.590. The van der Waals surface area contributed by atoms with Gasteiger partial charge < -0.3 is 4.42 Å². The van der Waals surface area contributed by atoms with E-state index in [0.717, 1.165) is 49.4 Å². The molecule has 0 bridgehead atoms. The summed E-state index contributed by atoms with van der Waals surface area (Å²) in [6, 6.07) is 42.0. The minimum absolute atomic E-state index is 0.0505. The molecule has 0 N–H and O–H groups in total. The van der Waals surface area contributed by atoms with E-state index >= 15 is 0 Å². The standard InChI is InChI=1S/C39H29N3O/c1-39(2,3)27-22-20-26(21-23-27)36-40-37(31-15-8-11-25-19-18-24-10-4-5-12-28(24)34(25)31)42-38(41-36)32-16-9-14-30-29-13-6-7-17-33(29)43-35(30)32/h4-23H,1-3H3. The third kappa shape index (κ3) is 4.26.